The van der Waals surface area contributed by atoms with Crippen LogP contribution in [0, 0.1) is 0 Å². The van der Waals surface area contributed by atoms with E-state index in [-0.39, 0.29) is 17.6 Å². The molecule has 0 atom stereocenters. The normalized spacial score (nSPS) is 10.5. The molecule has 0 unspecified atom stereocenters. The number of phenols is 1. The summed E-state index contributed by atoms with van der Waals surface area (Å²) in [5.41, 5.74) is 2.28. The quantitative estimate of drug-likeness (QED) is 0.462. The molecule has 0 bridgehead atoms. The molecule has 29 heavy (non-hydrogen) atoms. The summed E-state index contributed by atoms with van der Waals surface area (Å²) < 4.78 is 0. The van der Waals surface area contributed by atoms with E-state index < -0.39 is 0 Å². The van der Waals surface area contributed by atoms with Gasteiger partial charge in [0.2, 0.25) is 0 Å². The Hall–Kier alpha value is -4.12. The highest BCUT2D eigenvalue weighted by atomic mass is 16.3. The van der Waals surface area contributed by atoms with Crippen LogP contribution in [0.25, 0.3) is 10.8 Å². The molecule has 5 nitrogen and oxygen atoms in total. The van der Waals surface area contributed by atoms with Gasteiger partial charge in [-0.2, -0.15) is 0 Å². The second kappa shape index (κ2) is 7.86. The summed E-state index contributed by atoms with van der Waals surface area (Å²) >= 11 is 0. The molecule has 5 heteroatoms. The Kier molecular flexibility index (Phi) is 4.95. The van der Waals surface area contributed by atoms with E-state index in [1.165, 1.54) is 0 Å². The predicted molar refractivity (Wildman–Crippen MR) is 114 cm³/mol. The van der Waals surface area contributed by atoms with E-state index in [4.69, 9.17) is 0 Å². The number of nitrogens with one attached hydrogen (secondary N) is 2. The molecule has 4 rings (SSSR count). The lowest BCUT2D eigenvalue weighted by molar-refractivity contribution is 0.102. The van der Waals surface area contributed by atoms with Crippen LogP contribution >= 0.6 is 0 Å². The minimum absolute atomic E-state index is 0.202. The Morgan fingerprint density at radius 3 is 1.97 bits per heavy atom. The maximum absolute atomic E-state index is 12.5. The van der Waals surface area contributed by atoms with Gasteiger partial charge < -0.3 is 15.7 Å². The highest BCUT2D eigenvalue weighted by Gasteiger charge is 2.09. The second-order valence-corrected chi connectivity index (χ2v) is 6.56. The van der Waals surface area contributed by atoms with Gasteiger partial charge in [0.25, 0.3) is 11.8 Å². The van der Waals surface area contributed by atoms with E-state index in [9.17, 15) is 14.7 Å². The fraction of sp³-hybridized carbons (Fsp3) is 0. The van der Waals surface area contributed by atoms with Gasteiger partial charge >= 0.3 is 0 Å². The minimum atomic E-state index is -0.259. The van der Waals surface area contributed by atoms with Crippen LogP contribution in [0.3, 0.4) is 0 Å². The molecule has 0 fully saturated rings. The third kappa shape index (κ3) is 4.09. The zero-order valence-corrected chi connectivity index (χ0v) is 15.4. The molecular formula is C24H18N2O3. The number of hydrogen-bond acceptors (Lipinski definition) is 3. The van der Waals surface area contributed by atoms with Crippen LogP contribution in [0.4, 0.5) is 11.4 Å². The average molecular weight is 382 g/mol. The number of benzene rings is 4. The fourth-order valence-electron chi connectivity index (χ4n) is 3.05. The minimum Gasteiger partial charge on any atom is -0.507 e. The number of carbonyl (C=O) groups is 2. The number of carbonyl (C=O) groups excluding carboxylic acids is 2. The highest BCUT2D eigenvalue weighted by molar-refractivity contribution is 6.07. The molecule has 0 spiro atoms. The van der Waals surface area contributed by atoms with Crippen molar-refractivity contribution in [3.63, 3.8) is 0 Å². The monoisotopic (exact) mass is 382 g/mol. The van der Waals surface area contributed by atoms with Crippen LogP contribution in [0.5, 0.6) is 5.75 Å². The van der Waals surface area contributed by atoms with Crippen molar-refractivity contribution in [1.82, 2.24) is 0 Å². The number of hydrogen-bond donors (Lipinski definition) is 3. The lowest BCUT2D eigenvalue weighted by atomic mass is 10.1. The predicted octanol–water partition coefficient (Wildman–Crippen LogP) is 5.05. The molecule has 0 aliphatic carbocycles. The van der Waals surface area contributed by atoms with E-state index in [0.29, 0.717) is 22.5 Å². The Morgan fingerprint density at radius 1 is 0.621 bits per heavy atom. The van der Waals surface area contributed by atoms with Crippen molar-refractivity contribution in [1.29, 1.82) is 0 Å². The molecule has 3 N–H and O–H groups in total. The summed E-state index contributed by atoms with van der Waals surface area (Å²) in [5.74, 6) is -0.263. The first kappa shape index (κ1) is 18.3. The van der Waals surface area contributed by atoms with E-state index in [1.807, 2.05) is 12.1 Å². The summed E-state index contributed by atoms with van der Waals surface area (Å²) in [4.78, 5) is 24.7. The van der Waals surface area contributed by atoms with Crippen LogP contribution in [0.2, 0.25) is 0 Å². The topological polar surface area (TPSA) is 78.4 Å². The first-order chi connectivity index (χ1) is 14.1. The summed E-state index contributed by atoms with van der Waals surface area (Å²) in [6, 6.07) is 26.2. The maximum Gasteiger partial charge on any atom is 0.255 e. The van der Waals surface area contributed by atoms with Gasteiger partial charge in [-0.1, -0.05) is 30.3 Å². The van der Waals surface area contributed by atoms with Crippen molar-refractivity contribution in [3.8, 4) is 5.75 Å². The third-order valence-electron chi connectivity index (χ3n) is 4.56. The van der Waals surface area contributed by atoms with Crippen molar-refractivity contribution in [3.05, 3.63) is 102 Å². The molecule has 4 aromatic carbocycles. The molecule has 0 saturated heterocycles. The summed E-state index contributed by atoms with van der Waals surface area (Å²) in [6.07, 6.45) is 0. The number of rotatable bonds is 4. The van der Waals surface area contributed by atoms with Crippen LogP contribution in [-0.2, 0) is 0 Å². The average Bonchev–Trinajstić information content (AvgIpc) is 2.75. The van der Waals surface area contributed by atoms with Crippen molar-refractivity contribution in [2.24, 2.45) is 0 Å². The smallest absolute Gasteiger partial charge is 0.255 e. The highest BCUT2D eigenvalue weighted by Crippen LogP contribution is 2.27. The van der Waals surface area contributed by atoms with Gasteiger partial charge in [0, 0.05) is 27.9 Å². The Balaban J connectivity index is 1.45. The van der Waals surface area contributed by atoms with Gasteiger partial charge in [-0.3, -0.25) is 9.59 Å². The number of fused-ring (bicyclic) bond motifs is 1. The Bertz CT molecular complexity index is 1190. The molecule has 4 aromatic rings. The van der Waals surface area contributed by atoms with Crippen molar-refractivity contribution in [2.75, 3.05) is 10.6 Å². The van der Waals surface area contributed by atoms with Crippen molar-refractivity contribution in [2.45, 2.75) is 0 Å². The van der Waals surface area contributed by atoms with Crippen LogP contribution in [-0.4, -0.2) is 16.9 Å². The third-order valence-corrected chi connectivity index (χ3v) is 4.56. The molecule has 2 amide bonds. The SMILES string of the molecule is O=C(Nc1ccc(C(=O)Nc2ccc3c(O)cccc3c2)cc1)c1ccccc1. The van der Waals surface area contributed by atoms with Crippen LogP contribution in [0.15, 0.2) is 91.0 Å². The molecule has 0 radical (unpaired) electrons. The molecular weight excluding hydrogens is 364 g/mol. The summed E-state index contributed by atoms with van der Waals surface area (Å²) in [7, 11) is 0. The van der Waals surface area contributed by atoms with Crippen molar-refractivity contribution < 1.29 is 14.7 Å². The lowest BCUT2D eigenvalue weighted by Gasteiger charge is -2.09. The molecule has 0 aliphatic heterocycles. The number of anilines is 2. The van der Waals surface area contributed by atoms with Gasteiger partial charge in [0.15, 0.2) is 0 Å². The first-order valence-electron chi connectivity index (χ1n) is 9.10. The summed E-state index contributed by atoms with van der Waals surface area (Å²) in [6.45, 7) is 0. The fourth-order valence-corrected chi connectivity index (χ4v) is 3.05. The van der Waals surface area contributed by atoms with Crippen molar-refractivity contribution >= 4 is 34.0 Å². The van der Waals surface area contributed by atoms with Crippen LogP contribution in [0.1, 0.15) is 20.7 Å². The second-order valence-electron chi connectivity index (χ2n) is 6.56. The number of aromatic hydroxyl groups is 1. The molecule has 0 saturated carbocycles. The number of amides is 2. The number of phenolic OH excluding ortho intramolecular Hbond substituents is 1. The largest absolute Gasteiger partial charge is 0.507 e. The first-order valence-corrected chi connectivity index (χ1v) is 9.10. The van der Waals surface area contributed by atoms with Gasteiger partial charge in [-0.05, 0) is 66.0 Å². The van der Waals surface area contributed by atoms with Crippen LogP contribution < -0.4 is 10.6 Å². The Morgan fingerprint density at radius 2 is 1.24 bits per heavy atom. The van der Waals surface area contributed by atoms with Gasteiger partial charge in [0.1, 0.15) is 5.75 Å². The van der Waals surface area contributed by atoms with E-state index in [1.54, 1.807) is 78.9 Å². The zero-order chi connectivity index (χ0) is 20.2. The Labute approximate surface area is 167 Å². The van der Waals surface area contributed by atoms with Gasteiger partial charge in [-0.15, -0.1) is 0 Å². The van der Waals surface area contributed by atoms with Gasteiger partial charge in [-0.25, -0.2) is 0 Å². The van der Waals surface area contributed by atoms with E-state index in [2.05, 4.69) is 10.6 Å². The standard InChI is InChI=1S/C24H18N2O3/c27-22-8-4-7-18-15-20(13-14-21(18)22)26-24(29)17-9-11-19(12-10-17)25-23(28)16-5-2-1-3-6-16/h1-15,27H,(H,25,28)(H,26,29). The van der Waals surface area contributed by atoms with E-state index in [0.717, 1.165) is 10.8 Å². The molecule has 0 aliphatic rings. The lowest BCUT2D eigenvalue weighted by Crippen LogP contribution is -2.13. The molecule has 142 valence electrons. The molecule has 0 aromatic heterocycles. The van der Waals surface area contributed by atoms with Gasteiger partial charge in [0.05, 0.1) is 0 Å². The zero-order valence-electron chi connectivity index (χ0n) is 15.4. The maximum atomic E-state index is 12.5. The van der Waals surface area contributed by atoms with E-state index >= 15 is 0 Å². The molecule has 0 heterocycles. The summed E-state index contributed by atoms with van der Waals surface area (Å²) in [5, 5.41) is 17.1.